The van der Waals surface area contributed by atoms with Crippen molar-refractivity contribution in [3.05, 3.63) is 12.1 Å². The molecule has 4 N–H and O–H groups in total. The molecule has 6 heteroatoms. The Morgan fingerprint density at radius 1 is 1.40 bits per heavy atom. The summed E-state index contributed by atoms with van der Waals surface area (Å²) in [5.74, 6) is 1.17. The van der Waals surface area contributed by atoms with Gasteiger partial charge in [-0.25, -0.2) is 0 Å². The summed E-state index contributed by atoms with van der Waals surface area (Å²) in [6.45, 7) is 2.81. The van der Waals surface area contributed by atoms with Crippen LogP contribution in [0.15, 0.2) is 12.1 Å². The smallest absolute Gasteiger partial charge is 0.162 e. The van der Waals surface area contributed by atoms with Crippen LogP contribution in [0.2, 0.25) is 0 Å². The number of hydrogen-bond acceptors (Lipinski definition) is 6. The van der Waals surface area contributed by atoms with Gasteiger partial charge >= 0.3 is 0 Å². The molecule has 1 saturated heterocycles. The van der Waals surface area contributed by atoms with Gasteiger partial charge in [-0.3, -0.25) is 0 Å². The number of ether oxygens (including phenoxy) is 3. The van der Waals surface area contributed by atoms with Gasteiger partial charge in [0, 0.05) is 31.7 Å². The van der Waals surface area contributed by atoms with Crippen molar-refractivity contribution in [1.82, 2.24) is 0 Å². The molecule has 2 rings (SSSR count). The van der Waals surface area contributed by atoms with E-state index in [1.807, 2.05) is 6.92 Å². The molecule has 0 spiro atoms. The Hall–Kier alpha value is -1.66. The lowest BCUT2D eigenvalue weighted by atomic mass is 9.96. The van der Waals surface area contributed by atoms with Gasteiger partial charge in [0.2, 0.25) is 0 Å². The number of rotatable bonds is 5. The molecule has 1 aromatic carbocycles. The fourth-order valence-electron chi connectivity index (χ4n) is 2.30. The van der Waals surface area contributed by atoms with Gasteiger partial charge in [-0.2, -0.15) is 0 Å². The Balaban J connectivity index is 2.13. The van der Waals surface area contributed by atoms with Crippen molar-refractivity contribution >= 4 is 11.4 Å². The first-order valence-corrected chi connectivity index (χ1v) is 6.59. The Kier molecular flexibility index (Phi) is 4.25. The predicted octanol–water partition coefficient (Wildman–Crippen LogP) is 1.24. The van der Waals surface area contributed by atoms with Crippen molar-refractivity contribution in [2.75, 3.05) is 38.4 Å². The minimum absolute atomic E-state index is 0.198. The summed E-state index contributed by atoms with van der Waals surface area (Å²) in [4.78, 5) is 0. The van der Waals surface area contributed by atoms with Gasteiger partial charge in [0.05, 0.1) is 31.7 Å². The van der Waals surface area contributed by atoms with Crippen LogP contribution in [0.3, 0.4) is 0 Å². The van der Waals surface area contributed by atoms with Gasteiger partial charge in [-0.05, 0) is 6.92 Å². The molecule has 1 aliphatic rings. The van der Waals surface area contributed by atoms with E-state index in [9.17, 15) is 5.11 Å². The molecule has 0 amide bonds. The number of anilines is 2. The zero-order valence-electron chi connectivity index (χ0n) is 12.1. The quantitative estimate of drug-likeness (QED) is 0.704. The standard InChI is InChI=1S/C14H22N2O4/c1-9-14(17,4-5-20-9)8-16-11-7-13(19-3)12(18-2)6-10(11)15/h6-7,9,16-17H,4-5,8,15H2,1-3H3. The fourth-order valence-corrected chi connectivity index (χ4v) is 2.30. The van der Waals surface area contributed by atoms with Crippen LogP contribution in [-0.2, 0) is 4.74 Å². The molecule has 1 aromatic rings. The maximum Gasteiger partial charge on any atom is 0.162 e. The summed E-state index contributed by atoms with van der Waals surface area (Å²) < 4.78 is 15.8. The van der Waals surface area contributed by atoms with Gasteiger partial charge < -0.3 is 30.4 Å². The number of hydrogen-bond donors (Lipinski definition) is 3. The van der Waals surface area contributed by atoms with Gasteiger partial charge in [0.25, 0.3) is 0 Å². The molecule has 0 saturated carbocycles. The van der Waals surface area contributed by atoms with E-state index in [-0.39, 0.29) is 6.10 Å². The highest BCUT2D eigenvalue weighted by Gasteiger charge is 2.39. The lowest BCUT2D eigenvalue weighted by molar-refractivity contribution is -0.0175. The molecular formula is C14H22N2O4. The van der Waals surface area contributed by atoms with E-state index in [2.05, 4.69) is 5.32 Å². The first-order chi connectivity index (χ1) is 9.50. The van der Waals surface area contributed by atoms with Gasteiger partial charge in [-0.15, -0.1) is 0 Å². The lowest BCUT2D eigenvalue weighted by Gasteiger charge is -2.27. The molecule has 0 aliphatic carbocycles. The summed E-state index contributed by atoms with van der Waals surface area (Å²) in [5.41, 5.74) is 6.34. The van der Waals surface area contributed by atoms with Crippen molar-refractivity contribution in [3.8, 4) is 11.5 Å². The second-order valence-electron chi connectivity index (χ2n) is 5.01. The average Bonchev–Trinajstić information content (AvgIpc) is 2.77. The van der Waals surface area contributed by atoms with E-state index in [0.717, 1.165) is 0 Å². The molecule has 2 unspecified atom stereocenters. The Morgan fingerprint density at radius 3 is 2.60 bits per heavy atom. The Morgan fingerprint density at radius 2 is 2.05 bits per heavy atom. The van der Waals surface area contributed by atoms with E-state index >= 15 is 0 Å². The largest absolute Gasteiger partial charge is 0.493 e. The monoisotopic (exact) mass is 282 g/mol. The van der Waals surface area contributed by atoms with Crippen LogP contribution in [0.5, 0.6) is 11.5 Å². The molecule has 112 valence electrons. The van der Waals surface area contributed by atoms with Crippen molar-refractivity contribution in [1.29, 1.82) is 0 Å². The maximum atomic E-state index is 10.5. The lowest BCUT2D eigenvalue weighted by Crippen LogP contribution is -2.43. The third-order valence-electron chi connectivity index (χ3n) is 3.80. The number of benzene rings is 1. The van der Waals surface area contributed by atoms with Crippen LogP contribution < -0.4 is 20.5 Å². The highest BCUT2D eigenvalue weighted by molar-refractivity contribution is 5.72. The van der Waals surface area contributed by atoms with Crippen molar-refractivity contribution in [2.45, 2.75) is 25.0 Å². The predicted molar refractivity (Wildman–Crippen MR) is 77.4 cm³/mol. The van der Waals surface area contributed by atoms with E-state index in [4.69, 9.17) is 19.9 Å². The van der Waals surface area contributed by atoms with Crippen molar-refractivity contribution in [2.24, 2.45) is 0 Å². The third kappa shape index (κ3) is 2.76. The van der Waals surface area contributed by atoms with Gasteiger partial charge in [-0.1, -0.05) is 0 Å². The van der Waals surface area contributed by atoms with Crippen LogP contribution >= 0.6 is 0 Å². The summed E-state index contributed by atoms with van der Waals surface area (Å²) >= 11 is 0. The number of methoxy groups -OCH3 is 2. The van der Waals surface area contributed by atoms with Crippen molar-refractivity contribution in [3.63, 3.8) is 0 Å². The molecule has 0 aromatic heterocycles. The van der Waals surface area contributed by atoms with Crippen LogP contribution in [0.1, 0.15) is 13.3 Å². The van der Waals surface area contributed by atoms with E-state index in [0.29, 0.717) is 42.4 Å². The van der Waals surface area contributed by atoms with Gasteiger partial charge in [0.1, 0.15) is 5.60 Å². The molecule has 1 heterocycles. The van der Waals surface area contributed by atoms with E-state index in [1.165, 1.54) is 0 Å². The molecular weight excluding hydrogens is 260 g/mol. The van der Waals surface area contributed by atoms with Crippen LogP contribution in [0.4, 0.5) is 11.4 Å². The summed E-state index contributed by atoms with van der Waals surface area (Å²) in [6, 6.07) is 3.46. The highest BCUT2D eigenvalue weighted by Crippen LogP contribution is 2.35. The first kappa shape index (κ1) is 14.7. The molecule has 2 atom stereocenters. The molecule has 20 heavy (non-hydrogen) atoms. The molecule has 1 aliphatic heterocycles. The number of nitrogen functional groups attached to an aromatic ring is 1. The number of aliphatic hydroxyl groups is 1. The maximum absolute atomic E-state index is 10.5. The van der Waals surface area contributed by atoms with Crippen molar-refractivity contribution < 1.29 is 19.3 Å². The summed E-state index contributed by atoms with van der Waals surface area (Å²) in [7, 11) is 3.13. The zero-order valence-corrected chi connectivity index (χ0v) is 12.1. The summed E-state index contributed by atoms with van der Waals surface area (Å²) in [6.07, 6.45) is 0.408. The second kappa shape index (κ2) is 5.76. The van der Waals surface area contributed by atoms with Crippen LogP contribution in [-0.4, -0.2) is 44.2 Å². The van der Waals surface area contributed by atoms with Crippen LogP contribution in [0.25, 0.3) is 0 Å². The fraction of sp³-hybridized carbons (Fsp3) is 0.571. The minimum Gasteiger partial charge on any atom is -0.493 e. The van der Waals surface area contributed by atoms with Crippen LogP contribution in [0, 0.1) is 0 Å². The highest BCUT2D eigenvalue weighted by atomic mass is 16.5. The third-order valence-corrected chi connectivity index (χ3v) is 3.80. The Labute approximate surface area is 118 Å². The number of nitrogens with two attached hydrogens (primary N) is 1. The van der Waals surface area contributed by atoms with Gasteiger partial charge in [0.15, 0.2) is 11.5 Å². The molecule has 6 nitrogen and oxygen atoms in total. The van der Waals surface area contributed by atoms with E-state index in [1.54, 1.807) is 26.4 Å². The van der Waals surface area contributed by atoms with E-state index < -0.39 is 5.60 Å². The minimum atomic E-state index is -0.875. The second-order valence-corrected chi connectivity index (χ2v) is 5.01. The zero-order chi connectivity index (χ0) is 14.8. The number of nitrogens with one attached hydrogen (secondary N) is 1. The summed E-state index contributed by atoms with van der Waals surface area (Å²) in [5, 5.41) is 13.6. The first-order valence-electron chi connectivity index (χ1n) is 6.59. The Bertz CT molecular complexity index is 480. The topological polar surface area (TPSA) is 86.0 Å². The molecule has 0 radical (unpaired) electrons. The molecule has 0 bridgehead atoms. The molecule has 1 fully saturated rings. The average molecular weight is 282 g/mol. The normalized spacial score (nSPS) is 25.5. The SMILES string of the molecule is COc1cc(N)c(NCC2(O)CCOC2C)cc1OC.